The number of ether oxygens (including phenoxy) is 2. The highest BCUT2D eigenvalue weighted by Gasteiger charge is 2.31. The second-order valence-corrected chi connectivity index (χ2v) is 9.67. The Hall–Kier alpha value is -0.180. The van der Waals surface area contributed by atoms with Crippen molar-refractivity contribution in [3.63, 3.8) is 0 Å². The standard InChI is InChI=1S/C17H25BrFNO3S/c1-17(2,3)24(21)20-15(7-8-16-22-9-4-10-23-16)13-6-5-12(19)11-14(13)18/h5-6,11,15-16,20H,4,7-10H2,1-3H3/t15-,24+/m0/s1. The van der Waals surface area contributed by atoms with E-state index < -0.39 is 11.4 Å². The Balaban J connectivity index is 2.10. The largest absolute Gasteiger partial charge is 0.598 e. The molecule has 1 saturated heterocycles. The van der Waals surface area contributed by atoms with Crippen molar-refractivity contribution in [2.45, 2.75) is 57.1 Å². The Morgan fingerprint density at radius 3 is 2.62 bits per heavy atom. The molecule has 136 valence electrons. The summed E-state index contributed by atoms with van der Waals surface area (Å²) in [6.45, 7) is 7.16. The van der Waals surface area contributed by atoms with Crippen LogP contribution >= 0.6 is 15.9 Å². The van der Waals surface area contributed by atoms with Gasteiger partial charge < -0.3 is 14.0 Å². The smallest absolute Gasteiger partial charge is 0.157 e. The molecule has 2 rings (SSSR count). The molecule has 1 fully saturated rings. The van der Waals surface area contributed by atoms with Gasteiger partial charge in [0.25, 0.3) is 0 Å². The van der Waals surface area contributed by atoms with Crippen molar-refractivity contribution in [1.82, 2.24) is 4.72 Å². The summed E-state index contributed by atoms with van der Waals surface area (Å²) in [7, 11) is 0. The van der Waals surface area contributed by atoms with Gasteiger partial charge in [-0.25, -0.2) is 4.39 Å². The van der Waals surface area contributed by atoms with Gasteiger partial charge in [-0.1, -0.05) is 22.0 Å². The molecule has 0 bridgehead atoms. The summed E-state index contributed by atoms with van der Waals surface area (Å²) in [6.07, 6.45) is 2.04. The number of rotatable bonds is 6. The van der Waals surface area contributed by atoms with Crippen molar-refractivity contribution in [1.29, 1.82) is 0 Å². The topological polar surface area (TPSA) is 53.5 Å². The third-order valence-electron chi connectivity index (χ3n) is 3.73. The first-order valence-electron chi connectivity index (χ1n) is 8.13. The van der Waals surface area contributed by atoms with Gasteiger partial charge in [0.15, 0.2) is 6.29 Å². The van der Waals surface area contributed by atoms with E-state index in [1.807, 2.05) is 20.8 Å². The second kappa shape index (κ2) is 8.96. The lowest BCUT2D eigenvalue weighted by atomic mass is 10.0. The molecule has 1 aliphatic rings. The molecule has 2 atom stereocenters. The zero-order chi connectivity index (χ0) is 17.7. The maximum Gasteiger partial charge on any atom is 0.157 e. The number of hydrogen-bond acceptors (Lipinski definition) is 4. The lowest BCUT2D eigenvalue weighted by Gasteiger charge is -2.30. The fourth-order valence-corrected chi connectivity index (χ4v) is 3.86. The second-order valence-electron chi connectivity index (χ2n) is 6.82. The molecule has 0 aromatic heterocycles. The van der Waals surface area contributed by atoms with Crippen LogP contribution in [0.2, 0.25) is 0 Å². The molecular formula is C17H25BrFNO3S. The summed E-state index contributed by atoms with van der Waals surface area (Å²) in [4.78, 5) is 0. The van der Waals surface area contributed by atoms with Crippen LogP contribution < -0.4 is 4.72 Å². The highest BCUT2D eigenvalue weighted by molar-refractivity contribution is 9.10. The molecule has 4 nitrogen and oxygen atoms in total. The van der Waals surface area contributed by atoms with Crippen LogP contribution in [-0.2, 0) is 20.8 Å². The summed E-state index contributed by atoms with van der Waals surface area (Å²) >= 11 is 2.18. The minimum absolute atomic E-state index is 0.186. The van der Waals surface area contributed by atoms with Crippen LogP contribution in [0.15, 0.2) is 22.7 Å². The van der Waals surface area contributed by atoms with Crippen molar-refractivity contribution in [2.24, 2.45) is 0 Å². The molecule has 0 radical (unpaired) electrons. The van der Waals surface area contributed by atoms with E-state index in [4.69, 9.17) is 9.47 Å². The summed E-state index contributed by atoms with van der Waals surface area (Å²) in [5.74, 6) is -0.305. The number of benzene rings is 1. The zero-order valence-corrected chi connectivity index (χ0v) is 16.7. The summed E-state index contributed by atoms with van der Waals surface area (Å²) < 4.78 is 40.5. The van der Waals surface area contributed by atoms with E-state index in [2.05, 4.69) is 20.7 Å². The average Bonchev–Trinajstić information content (AvgIpc) is 2.51. The maximum absolute atomic E-state index is 13.4. The van der Waals surface area contributed by atoms with E-state index in [0.29, 0.717) is 30.5 Å². The van der Waals surface area contributed by atoms with Gasteiger partial charge in [-0.2, -0.15) is 0 Å². The Bertz CT molecular complexity index is 535. The van der Waals surface area contributed by atoms with Crippen LogP contribution in [0, 0.1) is 5.82 Å². The van der Waals surface area contributed by atoms with E-state index in [-0.39, 0.29) is 22.9 Å². The minimum Gasteiger partial charge on any atom is -0.598 e. The van der Waals surface area contributed by atoms with Gasteiger partial charge in [0.2, 0.25) is 0 Å². The van der Waals surface area contributed by atoms with Crippen molar-refractivity contribution in [3.05, 3.63) is 34.1 Å². The molecule has 0 spiro atoms. The Morgan fingerprint density at radius 2 is 2.04 bits per heavy atom. The SMILES string of the molecule is CC(C)(C)[S@@+]([O-])N[C@@H](CCC1OCCCO1)c1ccc(F)cc1Br. The summed E-state index contributed by atoms with van der Waals surface area (Å²) in [6, 6.07) is 4.38. The molecule has 0 amide bonds. The Kier molecular flexibility index (Phi) is 7.52. The maximum atomic E-state index is 13.4. The highest BCUT2D eigenvalue weighted by atomic mass is 79.9. The van der Waals surface area contributed by atoms with E-state index in [1.54, 1.807) is 6.07 Å². The fourth-order valence-electron chi connectivity index (χ4n) is 2.37. The van der Waals surface area contributed by atoms with E-state index in [9.17, 15) is 8.94 Å². The molecule has 1 heterocycles. The number of nitrogens with one attached hydrogen (secondary N) is 1. The first kappa shape index (κ1) is 20.1. The molecule has 1 aromatic rings. The Labute approximate surface area is 154 Å². The van der Waals surface area contributed by atoms with Crippen molar-refractivity contribution >= 4 is 27.3 Å². The first-order chi connectivity index (χ1) is 11.3. The molecule has 0 unspecified atom stereocenters. The lowest BCUT2D eigenvalue weighted by Crippen LogP contribution is -2.41. The lowest BCUT2D eigenvalue weighted by molar-refractivity contribution is -0.182. The normalized spacial score (nSPS) is 19.2. The van der Waals surface area contributed by atoms with Crippen LogP contribution in [0.5, 0.6) is 0 Å². The molecule has 0 aliphatic carbocycles. The average molecular weight is 422 g/mol. The molecule has 0 saturated carbocycles. The third-order valence-corrected chi connectivity index (χ3v) is 6.03. The first-order valence-corrected chi connectivity index (χ1v) is 10.1. The van der Waals surface area contributed by atoms with Gasteiger partial charge in [0.05, 0.1) is 19.3 Å². The molecule has 1 N–H and O–H groups in total. The monoisotopic (exact) mass is 421 g/mol. The highest BCUT2D eigenvalue weighted by Crippen LogP contribution is 2.30. The fraction of sp³-hybridized carbons (Fsp3) is 0.647. The van der Waals surface area contributed by atoms with Gasteiger partial charge in [-0.05, 0) is 51.3 Å². The quantitative estimate of drug-likeness (QED) is 0.698. The van der Waals surface area contributed by atoms with Crippen molar-refractivity contribution < 1.29 is 18.4 Å². The van der Waals surface area contributed by atoms with Crippen molar-refractivity contribution in [3.8, 4) is 0 Å². The number of halogens is 2. The van der Waals surface area contributed by atoms with Crippen LogP contribution in [0.1, 0.15) is 51.6 Å². The molecule has 1 aliphatic heterocycles. The van der Waals surface area contributed by atoms with E-state index in [1.165, 1.54) is 12.1 Å². The van der Waals surface area contributed by atoms with E-state index >= 15 is 0 Å². The molecule has 7 heteroatoms. The van der Waals surface area contributed by atoms with Gasteiger partial charge in [-0.3, -0.25) is 0 Å². The molecule has 1 aromatic carbocycles. The van der Waals surface area contributed by atoms with Crippen LogP contribution in [-0.4, -0.2) is 28.8 Å². The summed E-state index contributed by atoms with van der Waals surface area (Å²) in [5, 5.41) is 0. The van der Waals surface area contributed by atoms with Gasteiger partial charge in [0, 0.05) is 22.3 Å². The zero-order valence-electron chi connectivity index (χ0n) is 14.3. The number of hydrogen-bond donors (Lipinski definition) is 1. The van der Waals surface area contributed by atoms with Crippen molar-refractivity contribution in [2.75, 3.05) is 13.2 Å². The Morgan fingerprint density at radius 1 is 1.38 bits per heavy atom. The van der Waals surface area contributed by atoms with Gasteiger partial charge >= 0.3 is 0 Å². The van der Waals surface area contributed by atoms with E-state index in [0.717, 1.165) is 12.0 Å². The molecule has 24 heavy (non-hydrogen) atoms. The minimum atomic E-state index is -1.23. The predicted octanol–water partition coefficient (Wildman–Crippen LogP) is 4.22. The molecular weight excluding hydrogens is 397 g/mol. The summed E-state index contributed by atoms with van der Waals surface area (Å²) in [5.41, 5.74) is 0.879. The van der Waals surface area contributed by atoms with Crippen LogP contribution in [0.3, 0.4) is 0 Å². The van der Waals surface area contributed by atoms with Crippen LogP contribution in [0.25, 0.3) is 0 Å². The van der Waals surface area contributed by atoms with Crippen LogP contribution in [0.4, 0.5) is 4.39 Å². The van der Waals surface area contributed by atoms with Gasteiger partial charge in [-0.15, -0.1) is 4.72 Å². The third kappa shape index (κ3) is 5.97. The predicted molar refractivity (Wildman–Crippen MR) is 97.4 cm³/mol. The van der Waals surface area contributed by atoms with Gasteiger partial charge in [0.1, 0.15) is 10.6 Å².